The molecule has 0 amide bonds. The van der Waals surface area contributed by atoms with E-state index < -0.39 is 6.10 Å². The first kappa shape index (κ1) is 26.7. The van der Waals surface area contributed by atoms with Crippen LogP contribution in [0.15, 0.2) is 54.6 Å². The molecule has 0 aliphatic heterocycles. The van der Waals surface area contributed by atoms with E-state index in [4.69, 9.17) is 19.3 Å². The van der Waals surface area contributed by atoms with E-state index in [9.17, 15) is 5.11 Å². The number of nitrogens with zero attached hydrogens (tertiary/aromatic N) is 3. The van der Waals surface area contributed by atoms with Crippen molar-refractivity contribution in [3.8, 4) is 23.1 Å². The highest BCUT2D eigenvalue weighted by molar-refractivity contribution is 5.47. The predicted octanol–water partition coefficient (Wildman–Crippen LogP) is 5.37. The van der Waals surface area contributed by atoms with Crippen molar-refractivity contribution in [3.05, 3.63) is 65.9 Å². The summed E-state index contributed by atoms with van der Waals surface area (Å²) >= 11 is 0. The van der Waals surface area contributed by atoms with Crippen molar-refractivity contribution in [1.82, 2.24) is 14.7 Å². The zero-order chi connectivity index (χ0) is 25.6. The van der Waals surface area contributed by atoms with Gasteiger partial charge in [0.1, 0.15) is 0 Å². The van der Waals surface area contributed by atoms with Gasteiger partial charge in [0.25, 0.3) is 0 Å². The minimum absolute atomic E-state index is 0.192. The summed E-state index contributed by atoms with van der Waals surface area (Å²) in [5.41, 5.74) is 2.43. The van der Waals surface area contributed by atoms with Crippen LogP contribution in [0.1, 0.15) is 45.9 Å². The zero-order valence-electron chi connectivity index (χ0n) is 22.0. The Labute approximate surface area is 209 Å². The molecular weight excluding hydrogens is 442 g/mol. The van der Waals surface area contributed by atoms with Gasteiger partial charge in [0.15, 0.2) is 11.5 Å². The molecule has 190 valence electrons. The monoisotopic (exact) mass is 481 g/mol. The van der Waals surface area contributed by atoms with Gasteiger partial charge in [0, 0.05) is 19.1 Å². The van der Waals surface area contributed by atoms with Gasteiger partial charge in [-0.25, -0.2) is 4.68 Å². The highest BCUT2D eigenvalue weighted by Crippen LogP contribution is 2.36. The predicted molar refractivity (Wildman–Crippen MR) is 139 cm³/mol. The SMILES string of the molecule is COc1ccccc1Oc1c(CN(CC(O)COC(C)(C)C)C(C)C)c(C)nn1-c1ccccc1. The molecule has 0 bridgehead atoms. The minimum Gasteiger partial charge on any atom is -0.493 e. The molecule has 1 unspecified atom stereocenters. The molecule has 0 aliphatic carbocycles. The number of aryl methyl sites for hydroxylation is 1. The summed E-state index contributed by atoms with van der Waals surface area (Å²) in [7, 11) is 1.63. The molecule has 0 saturated carbocycles. The third-order valence-electron chi connectivity index (χ3n) is 5.66. The number of hydrogen-bond acceptors (Lipinski definition) is 6. The highest BCUT2D eigenvalue weighted by atomic mass is 16.5. The molecule has 2 aromatic carbocycles. The lowest BCUT2D eigenvalue weighted by atomic mass is 10.1. The number of benzene rings is 2. The number of aliphatic hydroxyl groups is 1. The van der Waals surface area contributed by atoms with Gasteiger partial charge in [-0.05, 0) is 65.8 Å². The van der Waals surface area contributed by atoms with E-state index in [2.05, 4.69) is 18.7 Å². The van der Waals surface area contributed by atoms with Gasteiger partial charge in [-0.2, -0.15) is 5.10 Å². The fourth-order valence-corrected chi connectivity index (χ4v) is 3.71. The van der Waals surface area contributed by atoms with E-state index in [0.29, 0.717) is 30.5 Å². The number of ether oxygens (including phenoxy) is 3. The molecule has 1 heterocycles. The summed E-state index contributed by atoms with van der Waals surface area (Å²) in [6.45, 7) is 13.5. The van der Waals surface area contributed by atoms with Crippen LogP contribution in [0, 0.1) is 6.92 Å². The van der Waals surface area contributed by atoms with Crippen LogP contribution < -0.4 is 9.47 Å². The van der Waals surface area contributed by atoms with Crippen LogP contribution in [-0.4, -0.2) is 57.8 Å². The fraction of sp³-hybridized carbons (Fsp3) is 0.464. The molecule has 0 radical (unpaired) electrons. The van der Waals surface area contributed by atoms with Crippen molar-refractivity contribution in [1.29, 1.82) is 0 Å². The molecule has 1 N–H and O–H groups in total. The number of methoxy groups -OCH3 is 1. The highest BCUT2D eigenvalue weighted by Gasteiger charge is 2.25. The Hall–Kier alpha value is -2.87. The number of hydrogen-bond donors (Lipinski definition) is 1. The molecule has 1 aromatic heterocycles. The summed E-state index contributed by atoms with van der Waals surface area (Å²) in [5.74, 6) is 1.89. The molecule has 0 aliphatic rings. The van der Waals surface area contributed by atoms with Crippen LogP contribution in [-0.2, 0) is 11.3 Å². The molecule has 1 atom stereocenters. The minimum atomic E-state index is -0.611. The van der Waals surface area contributed by atoms with Gasteiger partial charge >= 0.3 is 0 Å². The lowest BCUT2D eigenvalue weighted by Gasteiger charge is -2.30. The Balaban J connectivity index is 1.96. The van der Waals surface area contributed by atoms with E-state index in [-0.39, 0.29) is 18.2 Å². The normalized spacial score (nSPS) is 12.9. The molecule has 0 spiro atoms. The Morgan fingerprint density at radius 3 is 2.23 bits per heavy atom. The average molecular weight is 482 g/mol. The first-order valence-corrected chi connectivity index (χ1v) is 12.1. The van der Waals surface area contributed by atoms with Gasteiger partial charge in [-0.15, -0.1) is 0 Å². The summed E-state index contributed by atoms with van der Waals surface area (Å²) in [6.07, 6.45) is -0.611. The molecule has 7 heteroatoms. The van der Waals surface area contributed by atoms with E-state index in [0.717, 1.165) is 16.9 Å². The van der Waals surface area contributed by atoms with E-state index in [1.54, 1.807) is 7.11 Å². The number of aromatic nitrogens is 2. The summed E-state index contributed by atoms with van der Waals surface area (Å²) < 4.78 is 19.6. The quantitative estimate of drug-likeness (QED) is 0.397. The number of para-hydroxylation sites is 3. The number of rotatable bonds is 11. The van der Waals surface area contributed by atoms with E-state index in [1.165, 1.54) is 0 Å². The van der Waals surface area contributed by atoms with Crippen molar-refractivity contribution in [2.45, 2.75) is 65.8 Å². The van der Waals surface area contributed by atoms with Crippen molar-refractivity contribution in [2.75, 3.05) is 20.3 Å². The third kappa shape index (κ3) is 7.31. The smallest absolute Gasteiger partial charge is 0.227 e. The van der Waals surface area contributed by atoms with Crippen LogP contribution in [0.4, 0.5) is 0 Å². The van der Waals surface area contributed by atoms with Crippen LogP contribution in [0.5, 0.6) is 17.4 Å². The summed E-state index contributed by atoms with van der Waals surface area (Å²) in [5, 5.41) is 15.5. The van der Waals surface area contributed by atoms with Crippen LogP contribution in [0.25, 0.3) is 5.69 Å². The second kappa shape index (κ2) is 11.7. The van der Waals surface area contributed by atoms with Crippen molar-refractivity contribution in [2.24, 2.45) is 0 Å². The van der Waals surface area contributed by atoms with Crippen LogP contribution in [0.3, 0.4) is 0 Å². The molecule has 0 saturated heterocycles. The number of aliphatic hydroxyl groups excluding tert-OH is 1. The summed E-state index contributed by atoms with van der Waals surface area (Å²) in [4.78, 5) is 2.21. The Morgan fingerprint density at radius 1 is 1.00 bits per heavy atom. The fourth-order valence-electron chi connectivity index (χ4n) is 3.71. The van der Waals surface area contributed by atoms with Gasteiger partial charge in [0.2, 0.25) is 5.88 Å². The van der Waals surface area contributed by atoms with Gasteiger partial charge in [-0.1, -0.05) is 30.3 Å². The Morgan fingerprint density at radius 2 is 1.63 bits per heavy atom. The van der Waals surface area contributed by atoms with Gasteiger partial charge in [-0.3, -0.25) is 4.90 Å². The maximum Gasteiger partial charge on any atom is 0.227 e. The molecule has 35 heavy (non-hydrogen) atoms. The largest absolute Gasteiger partial charge is 0.493 e. The molecule has 0 fully saturated rings. The summed E-state index contributed by atoms with van der Waals surface area (Å²) in [6, 6.07) is 17.7. The van der Waals surface area contributed by atoms with Crippen LogP contribution >= 0.6 is 0 Å². The maximum atomic E-state index is 10.7. The zero-order valence-corrected chi connectivity index (χ0v) is 22.0. The molecule has 3 rings (SSSR count). The average Bonchev–Trinajstić information content (AvgIpc) is 3.12. The van der Waals surface area contributed by atoms with Crippen LogP contribution in [0.2, 0.25) is 0 Å². The second-order valence-corrected chi connectivity index (χ2v) is 9.97. The molecule has 7 nitrogen and oxygen atoms in total. The first-order chi connectivity index (χ1) is 16.6. The lowest BCUT2D eigenvalue weighted by molar-refractivity contribution is -0.0587. The topological polar surface area (TPSA) is 69.0 Å². The molecule has 3 aromatic rings. The lowest BCUT2D eigenvalue weighted by Crippen LogP contribution is -2.40. The third-order valence-corrected chi connectivity index (χ3v) is 5.66. The first-order valence-electron chi connectivity index (χ1n) is 12.1. The standard InChI is InChI=1S/C28H39N3O4/c1-20(2)30(17-23(32)19-34-28(4,5)6)18-24-21(3)29-31(22-13-9-8-10-14-22)27(24)35-26-16-12-11-15-25(26)33-7/h8-16,20,23,32H,17-19H2,1-7H3. The van der Waals surface area contributed by atoms with Gasteiger partial charge in [0.05, 0.1) is 42.4 Å². The Kier molecular flexibility index (Phi) is 8.94. The van der Waals surface area contributed by atoms with E-state index >= 15 is 0 Å². The van der Waals surface area contributed by atoms with E-state index in [1.807, 2.05) is 87.0 Å². The van der Waals surface area contributed by atoms with Crippen molar-refractivity contribution >= 4 is 0 Å². The second-order valence-electron chi connectivity index (χ2n) is 9.97. The maximum absolute atomic E-state index is 10.7. The molecular formula is C28H39N3O4. The Bertz CT molecular complexity index is 1070. The van der Waals surface area contributed by atoms with Crippen molar-refractivity contribution < 1.29 is 19.3 Å². The van der Waals surface area contributed by atoms with Crippen molar-refractivity contribution in [3.63, 3.8) is 0 Å². The van der Waals surface area contributed by atoms with Gasteiger partial charge < -0.3 is 19.3 Å².